The third-order valence-corrected chi connectivity index (χ3v) is 4.28. The van der Waals surface area contributed by atoms with Crippen molar-refractivity contribution >= 4 is 5.91 Å². The summed E-state index contributed by atoms with van der Waals surface area (Å²) in [6.45, 7) is 9.65. The molecule has 2 rings (SSSR count). The van der Waals surface area contributed by atoms with Gasteiger partial charge in [-0.05, 0) is 20.8 Å². The minimum atomic E-state index is -0.318. The number of pyridine rings is 1. The Morgan fingerprint density at radius 1 is 1.36 bits per heavy atom. The molecule has 6 nitrogen and oxygen atoms in total. The van der Waals surface area contributed by atoms with Crippen molar-refractivity contribution in [3.8, 4) is 0 Å². The van der Waals surface area contributed by atoms with Crippen LogP contribution in [-0.2, 0) is 11.8 Å². The molecule has 1 aromatic rings. The van der Waals surface area contributed by atoms with Gasteiger partial charge in [-0.25, -0.2) is 0 Å². The molecule has 0 radical (unpaired) electrons. The van der Waals surface area contributed by atoms with Crippen LogP contribution in [-0.4, -0.2) is 53.8 Å². The number of amides is 1. The van der Waals surface area contributed by atoms with Crippen LogP contribution in [0.2, 0.25) is 0 Å². The standard InChI is InChI=1S/C16H25N3O3/c1-12-9-14(20)13(10-18(12)4)15(21)17-11-16(2,3)19-5-7-22-8-6-19/h9-10H,5-8,11H2,1-4H3,(H,17,21). The molecule has 6 heteroatoms. The molecule has 1 aliphatic heterocycles. The lowest BCUT2D eigenvalue weighted by molar-refractivity contribution is -0.00923. The Morgan fingerprint density at radius 3 is 2.64 bits per heavy atom. The number of hydrogen-bond acceptors (Lipinski definition) is 4. The van der Waals surface area contributed by atoms with E-state index in [0.29, 0.717) is 6.54 Å². The van der Waals surface area contributed by atoms with Crippen LogP contribution in [0.1, 0.15) is 29.9 Å². The zero-order valence-corrected chi connectivity index (χ0v) is 13.8. The number of aryl methyl sites for hydroxylation is 2. The molecule has 1 aliphatic rings. The third-order valence-electron chi connectivity index (χ3n) is 4.28. The fraction of sp³-hybridized carbons (Fsp3) is 0.625. The quantitative estimate of drug-likeness (QED) is 0.881. The Morgan fingerprint density at radius 2 is 2.00 bits per heavy atom. The largest absolute Gasteiger partial charge is 0.379 e. The number of morpholine rings is 1. The van der Waals surface area contributed by atoms with E-state index in [-0.39, 0.29) is 22.4 Å². The number of aromatic nitrogens is 1. The van der Waals surface area contributed by atoms with E-state index in [4.69, 9.17) is 4.74 Å². The average Bonchev–Trinajstić information content (AvgIpc) is 2.49. The first-order valence-corrected chi connectivity index (χ1v) is 7.59. The summed E-state index contributed by atoms with van der Waals surface area (Å²) in [5, 5.41) is 2.89. The second-order valence-electron chi connectivity index (χ2n) is 6.40. The predicted octanol–water partition coefficient (Wildman–Crippen LogP) is 0.534. The number of rotatable bonds is 4. The first kappa shape index (κ1) is 16.7. The number of nitrogens with one attached hydrogen (secondary N) is 1. The number of carbonyl (C=O) groups excluding carboxylic acids is 1. The Balaban J connectivity index is 2.03. The monoisotopic (exact) mass is 307 g/mol. The molecule has 1 fully saturated rings. The van der Waals surface area contributed by atoms with E-state index in [2.05, 4.69) is 24.1 Å². The molecule has 2 heterocycles. The van der Waals surface area contributed by atoms with Gasteiger partial charge in [0.15, 0.2) is 5.43 Å². The summed E-state index contributed by atoms with van der Waals surface area (Å²) in [5.74, 6) is -0.318. The zero-order chi connectivity index (χ0) is 16.3. The number of nitrogens with zero attached hydrogens (tertiary/aromatic N) is 2. The maximum absolute atomic E-state index is 12.3. The van der Waals surface area contributed by atoms with Crippen LogP contribution in [0.25, 0.3) is 0 Å². The van der Waals surface area contributed by atoms with Crippen molar-refractivity contribution < 1.29 is 9.53 Å². The van der Waals surface area contributed by atoms with E-state index in [1.165, 1.54) is 6.07 Å². The van der Waals surface area contributed by atoms with Gasteiger partial charge < -0.3 is 14.6 Å². The molecule has 1 N–H and O–H groups in total. The normalized spacial score (nSPS) is 16.5. The van der Waals surface area contributed by atoms with Crippen molar-refractivity contribution in [1.29, 1.82) is 0 Å². The van der Waals surface area contributed by atoms with E-state index in [1.54, 1.807) is 10.8 Å². The molecular formula is C16H25N3O3. The number of carbonyl (C=O) groups is 1. The van der Waals surface area contributed by atoms with Gasteiger partial charge >= 0.3 is 0 Å². The highest BCUT2D eigenvalue weighted by atomic mass is 16.5. The van der Waals surface area contributed by atoms with Crippen molar-refractivity contribution in [2.45, 2.75) is 26.3 Å². The van der Waals surface area contributed by atoms with Gasteiger partial charge in [0.1, 0.15) is 5.56 Å². The van der Waals surface area contributed by atoms with E-state index in [0.717, 1.165) is 32.0 Å². The molecule has 0 atom stereocenters. The van der Waals surface area contributed by atoms with E-state index in [9.17, 15) is 9.59 Å². The van der Waals surface area contributed by atoms with Crippen molar-refractivity contribution in [2.75, 3.05) is 32.8 Å². The molecule has 0 saturated carbocycles. The molecular weight excluding hydrogens is 282 g/mol. The SMILES string of the molecule is Cc1cc(=O)c(C(=O)NCC(C)(C)N2CCOCC2)cn1C. The van der Waals surface area contributed by atoms with E-state index >= 15 is 0 Å². The second kappa shape index (κ2) is 6.62. The summed E-state index contributed by atoms with van der Waals surface area (Å²) < 4.78 is 7.14. The first-order chi connectivity index (χ1) is 10.3. The molecule has 0 aliphatic carbocycles. The third kappa shape index (κ3) is 3.75. The Labute approximate surface area is 131 Å². The Kier molecular flexibility index (Phi) is 5.03. The lowest BCUT2D eigenvalue weighted by Gasteiger charge is -2.40. The molecule has 122 valence electrons. The van der Waals surface area contributed by atoms with Gasteiger partial charge in [0, 0.05) is 50.2 Å². The predicted molar refractivity (Wildman–Crippen MR) is 85.2 cm³/mol. The summed E-state index contributed by atoms with van der Waals surface area (Å²) in [6.07, 6.45) is 1.59. The fourth-order valence-electron chi connectivity index (χ4n) is 2.57. The lowest BCUT2D eigenvalue weighted by atomic mass is 10.0. The van der Waals surface area contributed by atoms with Gasteiger partial charge in [-0.1, -0.05) is 0 Å². The van der Waals surface area contributed by atoms with Crippen molar-refractivity contribution in [2.24, 2.45) is 7.05 Å². The Bertz CT molecular complexity index is 601. The summed E-state index contributed by atoms with van der Waals surface area (Å²) >= 11 is 0. The Hall–Kier alpha value is -1.66. The molecule has 0 spiro atoms. The van der Waals surface area contributed by atoms with Crippen LogP contribution in [0, 0.1) is 6.92 Å². The van der Waals surface area contributed by atoms with Crippen LogP contribution in [0.5, 0.6) is 0 Å². The summed E-state index contributed by atoms with van der Waals surface area (Å²) in [4.78, 5) is 26.5. The highest BCUT2D eigenvalue weighted by Gasteiger charge is 2.29. The van der Waals surface area contributed by atoms with Crippen LogP contribution < -0.4 is 10.7 Å². The minimum absolute atomic E-state index is 0.171. The van der Waals surface area contributed by atoms with Gasteiger partial charge in [-0.2, -0.15) is 0 Å². The molecule has 1 saturated heterocycles. The average molecular weight is 307 g/mol. The molecule has 0 aromatic carbocycles. The first-order valence-electron chi connectivity index (χ1n) is 7.59. The lowest BCUT2D eigenvalue weighted by Crippen LogP contribution is -2.55. The molecule has 22 heavy (non-hydrogen) atoms. The van der Waals surface area contributed by atoms with Gasteiger partial charge in [0.25, 0.3) is 5.91 Å². The van der Waals surface area contributed by atoms with Crippen LogP contribution in [0.15, 0.2) is 17.1 Å². The second-order valence-corrected chi connectivity index (χ2v) is 6.40. The zero-order valence-electron chi connectivity index (χ0n) is 13.8. The van der Waals surface area contributed by atoms with Gasteiger partial charge in [-0.15, -0.1) is 0 Å². The summed E-state index contributed by atoms with van der Waals surface area (Å²) in [5.41, 5.74) is 0.605. The highest BCUT2D eigenvalue weighted by molar-refractivity contribution is 5.93. The molecule has 1 amide bonds. The molecule has 1 aromatic heterocycles. The topological polar surface area (TPSA) is 63.6 Å². The van der Waals surface area contributed by atoms with Crippen LogP contribution >= 0.6 is 0 Å². The number of hydrogen-bond donors (Lipinski definition) is 1. The van der Waals surface area contributed by atoms with Crippen LogP contribution in [0.3, 0.4) is 0 Å². The molecule has 0 bridgehead atoms. The van der Waals surface area contributed by atoms with Crippen molar-refractivity contribution in [3.05, 3.63) is 33.7 Å². The summed E-state index contributed by atoms with van der Waals surface area (Å²) in [7, 11) is 1.82. The van der Waals surface area contributed by atoms with E-state index in [1.807, 2.05) is 14.0 Å². The van der Waals surface area contributed by atoms with E-state index < -0.39 is 0 Å². The number of ether oxygens (including phenoxy) is 1. The smallest absolute Gasteiger partial charge is 0.256 e. The van der Waals surface area contributed by atoms with Gasteiger partial charge in [-0.3, -0.25) is 14.5 Å². The van der Waals surface area contributed by atoms with Crippen molar-refractivity contribution in [3.63, 3.8) is 0 Å². The summed E-state index contributed by atoms with van der Waals surface area (Å²) in [6, 6.07) is 1.49. The minimum Gasteiger partial charge on any atom is -0.379 e. The maximum Gasteiger partial charge on any atom is 0.256 e. The van der Waals surface area contributed by atoms with Gasteiger partial charge in [0.2, 0.25) is 0 Å². The highest BCUT2D eigenvalue weighted by Crippen LogP contribution is 2.15. The van der Waals surface area contributed by atoms with Gasteiger partial charge in [0.05, 0.1) is 13.2 Å². The van der Waals surface area contributed by atoms with Crippen molar-refractivity contribution in [1.82, 2.24) is 14.8 Å². The molecule has 0 unspecified atom stereocenters. The maximum atomic E-state index is 12.3. The van der Waals surface area contributed by atoms with Crippen LogP contribution in [0.4, 0.5) is 0 Å². The fourth-order valence-corrected chi connectivity index (χ4v) is 2.57.